The number of ether oxygens (including phenoxy) is 1. The molecule has 0 saturated heterocycles. The molecule has 4 nitrogen and oxygen atoms in total. The zero-order valence-corrected chi connectivity index (χ0v) is 10.5. The number of pyridine rings is 1. The molecule has 4 heteroatoms. The molecule has 1 aromatic rings. The molecule has 2 rings (SSSR count). The van der Waals surface area contributed by atoms with Crippen molar-refractivity contribution in [2.45, 2.75) is 38.3 Å². The van der Waals surface area contributed by atoms with Crippen LogP contribution in [0.25, 0.3) is 0 Å². The van der Waals surface area contributed by atoms with Crippen molar-refractivity contribution in [2.24, 2.45) is 0 Å². The number of nitrogens with one attached hydrogen (secondary N) is 1. The first-order valence-corrected chi connectivity index (χ1v) is 6.25. The van der Waals surface area contributed by atoms with Gasteiger partial charge in [0.25, 0.3) is 5.56 Å². The van der Waals surface area contributed by atoms with Crippen LogP contribution in [-0.4, -0.2) is 24.3 Å². The Bertz CT molecular complexity index is 428. The van der Waals surface area contributed by atoms with Gasteiger partial charge in [-0.2, -0.15) is 0 Å². The minimum atomic E-state index is 0.0586. The summed E-state index contributed by atoms with van der Waals surface area (Å²) in [6.45, 7) is 2.75. The molecular weight excluding hydrogens is 216 g/mol. The third-order valence-electron chi connectivity index (χ3n) is 3.42. The normalized spacial score (nSPS) is 23.9. The van der Waals surface area contributed by atoms with Crippen molar-refractivity contribution in [1.29, 1.82) is 0 Å². The Labute approximate surface area is 102 Å². The Balaban J connectivity index is 2.32. The number of rotatable bonds is 4. The van der Waals surface area contributed by atoms with Gasteiger partial charge in [0.15, 0.2) is 0 Å². The summed E-state index contributed by atoms with van der Waals surface area (Å²) >= 11 is 0. The van der Waals surface area contributed by atoms with Gasteiger partial charge in [0, 0.05) is 19.9 Å². The number of anilines is 1. The molecule has 1 aromatic heterocycles. The van der Waals surface area contributed by atoms with Crippen LogP contribution in [0.1, 0.15) is 32.2 Å². The van der Waals surface area contributed by atoms with Gasteiger partial charge < -0.3 is 14.6 Å². The van der Waals surface area contributed by atoms with Crippen LogP contribution in [0.5, 0.6) is 0 Å². The smallest absolute Gasteiger partial charge is 0.274 e. The number of nitrogens with zero attached hydrogens (tertiary/aromatic N) is 1. The van der Waals surface area contributed by atoms with Crippen molar-refractivity contribution in [3.8, 4) is 0 Å². The van der Waals surface area contributed by atoms with Gasteiger partial charge in [-0.3, -0.25) is 4.79 Å². The zero-order chi connectivity index (χ0) is 12.3. The highest BCUT2D eigenvalue weighted by atomic mass is 16.5. The third kappa shape index (κ3) is 2.36. The first kappa shape index (κ1) is 12.2. The van der Waals surface area contributed by atoms with Gasteiger partial charge in [-0.05, 0) is 38.3 Å². The fourth-order valence-corrected chi connectivity index (χ4v) is 2.60. The first-order valence-electron chi connectivity index (χ1n) is 6.25. The molecule has 1 N–H and O–H groups in total. The molecule has 1 fully saturated rings. The Hall–Kier alpha value is -1.29. The maximum Gasteiger partial charge on any atom is 0.274 e. The molecule has 17 heavy (non-hydrogen) atoms. The van der Waals surface area contributed by atoms with E-state index >= 15 is 0 Å². The summed E-state index contributed by atoms with van der Waals surface area (Å²) < 4.78 is 7.27. The number of hydrogen-bond donors (Lipinski definition) is 1. The second kappa shape index (κ2) is 5.36. The van der Waals surface area contributed by atoms with Crippen LogP contribution in [-0.2, 0) is 4.74 Å². The molecule has 1 aliphatic carbocycles. The van der Waals surface area contributed by atoms with Gasteiger partial charge in [-0.1, -0.05) is 0 Å². The topological polar surface area (TPSA) is 43.3 Å². The Kier molecular flexibility index (Phi) is 3.84. The van der Waals surface area contributed by atoms with Crippen molar-refractivity contribution in [2.75, 3.05) is 19.0 Å². The highest BCUT2D eigenvalue weighted by Gasteiger charge is 2.29. The average Bonchev–Trinajstić information content (AvgIpc) is 2.80. The van der Waals surface area contributed by atoms with Crippen LogP contribution in [0.4, 0.5) is 5.69 Å². The van der Waals surface area contributed by atoms with E-state index in [0.29, 0.717) is 5.69 Å². The number of hydrogen-bond acceptors (Lipinski definition) is 3. The van der Waals surface area contributed by atoms with Gasteiger partial charge >= 0.3 is 0 Å². The maximum atomic E-state index is 12.3. The van der Waals surface area contributed by atoms with Crippen molar-refractivity contribution < 1.29 is 4.74 Å². The van der Waals surface area contributed by atoms with E-state index in [2.05, 4.69) is 5.32 Å². The predicted octanol–water partition coefficient (Wildman–Crippen LogP) is 2.02. The van der Waals surface area contributed by atoms with E-state index in [4.69, 9.17) is 4.74 Å². The third-order valence-corrected chi connectivity index (χ3v) is 3.42. The molecule has 0 radical (unpaired) electrons. The van der Waals surface area contributed by atoms with Crippen LogP contribution >= 0.6 is 0 Å². The average molecular weight is 236 g/mol. The molecule has 0 unspecified atom stereocenters. The Morgan fingerprint density at radius 2 is 2.35 bits per heavy atom. The minimum absolute atomic E-state index is 0.0586. The maximum absolute atomic E-state index is 12.3. The minimum Gasteiger partial charge on any atom is -0.381 e. The van der Waals surface area contributed by atoms with Crippen molar-refractivity contribution in [1.82, 2.24) is 4.57 Å². The summed E-state index contributed by atoms with van der Waals surface area (Å²) in [7, 11) is 1.72. The Morgan fingerprint density at radius 1 is 1.53 bits per heavy atom. The van der Waals surface area contributed by atoms with E-state index in [0.717, 1.165) is 25.8 Å². The quantitative estimate of drug-likeness (QED) is 0.869. The molecule has 2 atom stereocenters. The van der Waals surface area contributed by atoms with Crippen LogP contribution in [0.2, 0.25) is 0 Å². The molecule has 0 spiro atoms. The van der Waals surface area contributed by atoms with Gasteiger partial charge in [0.2, 0.25) is 0 Å². The van der Waals surface area contributed by atoms with Gasteiger partial charge in [0.1, 0.15) is 5.69 Å². The van der Waals surface area contributed by atoms with E-state index in [1.807, 2.05) is 29.8 Å². The summed E-state index contributed by atoms with van der Waals surface area (Å²) in [6, 6.07) is 3.94. The van der Waals surface area contributed by atoms with Gasteiger partial charge in [-0.25, -0.2) is 0 Å². The molecular formula is C13H20N2O2. The summed E-state index contributed by atoms with van der Waals surface area (Å²) in [6.07, 6.45) is 5.23. The van der Waals surface area contributed by atoms with E-state index in [1.165, 1.54) is 0 Å². The molecule has 1 saturated carbocycles. The molecule has 0 bridgehead atoms. The lowest BCUT2D eigenvalue weighted by atomic mass is 10.2. The second-order valence-electron chi connectivity index (χ2n) is 4.44. The predicted molar refractivity (Wildman–Crippen MR) is 68.6 cm³/mol. The Morgan fingerprint density at radius 3 is 3.06 bits per heavy atom. The number of aromatic nitrogens is 1. The fourth-order valence-electron chi connectivity index (χ4n) is 2.60. The monoisotopic (exact) mass is 236 g/mol. The number of methoxy groups -OCH3 is 1. The standard InChI is InChI=1S/C13H20N2O2/c1-3-14-10-6-5-9-15(13(10)16)11-7-4-8-12(11)17-2/h5-6,9,11-12,14H,3-4,7-8H2,1-2H3/t11-,12+/m0/s1. The van der Waals surface area contributed by atoms with Crippen molar-refractivity contribution in [3.05, 3.63) is 28.7 Å². The van der Waals surface area contributed by atoms with E-state index in [9.17, 15) is 4.79 Å². The summed E-state index contributed by atoms with van der Waals surface area (Å²) in [4.78, 5) is 12.3. The lowest BCUT2D eigenvalue weighted by Gasteiger charge is -2.21. The zero-order valence-electron chi connectivity index (χ0n) is 10.5. The van der Waals surface area contributed by atoms with Crippen molar-refractivity contribution >= 4 is 5.69 Å². The largest absolute Gasteiger partial charge is 0.381 e. The van der Waals surface area contributed by atoms with E-state index in [1.54, 1.807) is 7.11 Å². The van der Waals surface area contributed by atoms with Crippen LogP contribution in [0.15, 0.2) is 23.1 Å². The summed E-state index contributed by atoms with van der Waals surface area (Å²) in [5, 5.41) is 3.10. The molecule has 0 aliphatic heterocycles. The van der Waals surface area contributed by atoms with Gasteiger partial charge in [0.05, 0.1) is 12.1 Å². The SMILES string of the molecule is CCNc1cccn([C@H]2CCC[C@H]2OC)c1=O. The fraction of sp³-hybridized carbons (Fsp3) is 0.615. The lowest BCUT2D eigenvalue weighted by Crippen LogP contribution is -2.31. The highest BCUT2D eigenvalue weighted by Crippen LogP contribution is 2.31. The van der Waals surface area contributed by atoms with Gasteiger partial charge in [-0.15, -0.1) is 0 Å². The molecule has 0 aromatic carbocycles. The second-order valence-corrected chi connectivity index (χ2v) is 4.44. The summed E-state index contributed by atoms with van der Waals surface area (Å²) in [5.74, 6) is 0. The molecule has 1 heterocycles. The van der Waals surface area contributed by atoms with Crippen LogP contribution in [0, 0.1) is 0 Å². The van der Waals surface area contributed by atoms with Crippen LogP contribution in [0.3, 0.4) is 0 Å². The lowest BCUT2D eigenvalue weighted by molar-refractivity contribution is 0.0739. The van der Waals surface area contributed by atoms with E-state index in [-0.39, 0.29) is 17.7 Å². The van der Waals surface area contributed by atoms with E-state index < -0.39 is 0 Å². The first-order chi connectivity index (χ1) is 8.27. The molecule has 0 amide bonds. The highest BCUT2D eigenvalue weighted by molar-refractivity contribution is 5.40. The van der Waals surface area contributed by atoms with Crippen LogP contribution < -0.4 is 10.9 Å². The summed E-state index contributed by atoms with van der Waals surface area (Å²) in [5.41, 5.74) is 0.736. The molecule has 94 valence electrons. The van der Waals surface area contributed by atoms with Crippen molar-refractivity contribution in [3.63, 3.8) is 0 Å². The molecule has 1 aliphatic rings.